The van der Waals surface area contributed by atoms with Gasteiger partial charge in [0, 0.05) is 37.0 Å². The van der Waals surface area contributed by atoms with E-state index in [4.69, 9.17) is 0 Å². The fourth-order valence-corrected chi connectivity index (χ4v) is 4.27. The first-order valence-corrected chi connectivity index (χ1v) is 10.8. The summed E-state index contributed by atoms with van der Waals surface area (Å²) >= 11 is 0. The summed E-state index contributed by atoms with van der Waals surface area (Å²) in [6.07, 6.45) is 2.98. The van der Waals surface area contributed by atoms with Gasteiger partial charge >= 0.3 is 0 Å². The topological polar surface area (TPSA) is 66.1 Å². The summed E-state index contributed by atoms with van der Waals surface area (Å²) < 4.78 is 66.7. The number of aromatic nitrogens is 2. The lowest BCUT2D eigenvalue weighted by Crippen LogP contribution is -2.31. The van der Waals surface area contributed by atoms with E-state index in [2.05, 4.69) is 9.97 Å². The van der Waals surface area contributed by atoms with E-state index in [1.54, 1.807) is 6.92 Å². The zero-order chi connectivity index (χ0) is 20.9. The van der Waals surface area contributed by atoms with Crippen LogP contribution < -0.4 is 4.90 Å². The highest BCUT2D eigenvalue weighted by Crippen LogP contribution is 2.35. The van der Waals surface area contributed by atoms with Crippen molar-refractivity contribution in [1.82, 2.24) is 9.97 Å². The maximum atomic E-state index is 15.1. The molecule has 4 rings (SSSR count). The van der Waals surface area contributed by atoms with Crippen molar-refractivity contribution in [3.05, 3.63) is 64.7 Å². The molecule has 0 radical (unpaired) electrons. The van der Waals surface area contributed by atoms with Crippen LogP contribution in [0.15, 0.2) is 35.5 Å². The van der Waals surface area contributed by atoms with Crippen molar-refractivity contribution in [3.63, 3.8) is 0 Å². The van der Waals surface area contributed by atoms with Gasteiger partial charge in [-0.05, 0) is 30.7 Å². The second-order valence-electron chi connectivity index (χ2n) is 7.12. The molecule has 3 aromatic rings. The summed E-state index contributed by atoms with van der Waals surface area (Å²) in [5, 5.41) is -0.0263. The minimum Gasteiger partial charge on any atom is -0.365 e. The van der Waals surface area contributed by atoms with Crippen molar-refractivity contribution in [1.29, 1.82) is 0 Å². The average Bonchev–Trinajstić information content (AvgIpc) is 2.97. The fraction of sp³-hybridized carbons (Fsp3) is 0.250. The maximum Gasteiger partial charge on any atom is 0.192 e. The van der Waals surface area contributed by atoms with Crippen LogP contribution in [0, 0.1) is 24.4 Å². The Kier molecular flexibility index (Phi) is 4.65. The van der Waals surface area contributed by atoms with Crippen molar-refractivity contribution in [2.45, 2.75) is 24.9 Å². The molecule has 1 aliphatic heterocycles. The smallest absolute Gasteiger partial charge is 0.192 e. The van der Waals surface area contributed by atoms with Crippen LogP contribution in [0.2, 0.25) is 0 Å². The number of hydrogen-bond donors (Lipinski definition) is 1. The quantitative estimate of drug-likeness (QED) is 0.699. The molecule has 0 bridgehead atoms. The molecule has 0 spiro atoms. The molecule has 0 amide bonds. The normalized spacial score (nSPS) is 14.2. The Balaban J connectivity index is 1.71. The number of pyridine rings is 1. The number of anilines is 1. The highest BCUT2D eigenvalue weighted by atomic mass is 32.2. The predicted molar refractivity (Wildman–Crippen MR) is 103 cm³/mol. The molecule has 0 unspecified atom stereocenters. The third-order valence-electron chi connectivity index (χ3n) is 5.10. The van der Waals surface area contributed by atoms with Crippen LogP contribution >= 0.6 is 0 Å². The predicted octanol–water partition coefficient (Wildman–Crippen LogP) is 3.77. The number of sulfone groups is 1. The first kappa shape index (κ1) is 19.5. The molecule has 2 aromatic heterocycles. The van der Waals surface area contributed by atoms with E-state index in [1.807, 2.05) is 4.90 Å². The van der Waals surface area contributed by atoms with Crippen LogP contribution in [-0.4, -0.2) is 31.2 Å². The second kappa shape index (κ2) is 6.91. The molecule has 0 fully saturated rings. The first-order chi connectivity index (χ1) is 13.7. The summed E-state index contributed by atoms with van der Waals surface area (Å²) in [7, 11) is -3.43. The van der Waals surface area contributed by atoms with E-state index in [9.17, 15) is 17.2 Å². The number of nitrogens with zero attached hydrogens (tertiary/aromatic N) is 2. The average molecular weight is 421 g/mol. The third kappa shape index (κ3) is 3.39. The summed E-state index contributed by atoms with van der Waals surface area (Å²) in [6, 6.07) is 4.88. The molecule has 1 aliphatic rings. The number of rotatable bonds is 3. The largest absolute Gasteiger partial charge is 0.365 e. The third-order valence-corrected chi connectivity index (χ3v) is 6.08. The molecule has 0 aliphatic carbocycles. The number of halogens is 3. The van der Waals surface area contributed by atoms with Gasteiger partial charge < -0.3 is 9.88 Å². The van der Waals surface area contributed by atoms with Gasteiger partial charge in [-0.25, -0.2) is 26.6 Å². The second-order valence-corrected chi connectivity index (χ2v) is 9.08. The number of H-pyrrole nitrogens is 1. The summed E-state index contributed by atoms with van der Waals surface area (Å²) in [5.41, 5.74) is 1.69. The Bertz CT molecular complexity index is 1200. The van der Waals surface area contributed by atoms with Crippen molar-refractivity contribution in [2.24, 2.45) is 0 Å². The number of nitrogens with one attached hydrogen (secondary N) is 1. The summed E-state index contributed by atoms with van der Waals surface area (Å²) in [5.74, 6) is -2.36. The van der Waals surface area contributed by atoms with Crippen molar-refractivity contribution < 1.29 is 21.6 Å². The van der Waals surface area contributed by atoms with Crippen LogP contribution in [0.5, 0.6) is 0 Å². The van der Waals surface area contributed by atoms with Gasteiger partial charge in [0.2, 0.25) is 0 Å². The van der Waals surface area contributed by atoms with E-state index in [0.29, 0.717) is 35.5 Å². The monoisotopic (exact) mass is 421 g/mol. The molecule has 5 nitrogen and oxygen atoms in total. The molecule has 0 saturated carbocycles. The first-order valence-electron chi connectivity index (χ1n) is 8.92. The van der Waals surface area contributed by atoms with Gasteiger partial charge in [0.05, 0.1) is 23.1 Å². The minimum absolute atomic E-state index is 0.0263. The Labute approximate surface area is 166 Å². The molecule has 3 heterocycles. The van der Waals surface area contributed by atoms with E-state index in [1.165, 1.54) is 18.3 Å². The Hall–Kier alpha value is -2.81. The molecule has 0 atom stereocenters. The lowest BCUT2D eigenvalue weighted by Gasteiger charge is -2.30. The zero-order valence-electron chi connectivity index (χ0n) is 15.8. The van der Waals surface area contributed by atoms with E-state index in [-0.39, 0.29) is 17.3 Å². The van der Waals surface area contributed by atoms with Gasteiger partial charge in [-0.3, -0.25) is 0 Å². The fourth-order valence-electron chi connectivity index (χ4n) is 3.63. The summed E-state index contributed by atoms with van der Waals surface area (Å²) in [4.78, 5) is 8.72. The van der Waals surface area contributed by atoms with Gasteiger partial charge in [0.1, 0.15) is 11.6 Å². The lowest BCUT2D eigenvalue weighted by molar-refractivity contribution is 0.577. The van der Waals surface area contributed by atoms with E-state index < -0.39 is 32.9 Å². The highest BCUT2D eigenvalue weighted by Gasteiger charge is 2.28. The minimum atomic E-state index is -3.43. The van der Waals surface area contributed by atoms with Crippen LogP contribution in [0.4, 0.5) is 18.9 Å². The highest BCUT2D eigenvalue weighted by molar-refractivity contribution is 7.90. The standard InChI is InChI=1S/C20H18F3N3O2S/c1-11-8-17(29(2,27)28)24-9-16(11)26-7-6-15-12(10-26)19(23)20(25-15)18-13(21)4-3-5-14(18)22/h3-5,8-9,25H,6-7,10H2,1-2H3. The SMILES string of the molecule is Cc1cc(S(C)(=O)=O)ncc1N1CCc2[nH]c(-c3c(F)cccc3F)c(F)c2C1. The molecule has 152 valence electrons. The Morgan fingerprint density at radius 3 is 2.48 bits per heavy atom. The number of aryl methyl sites for hydroxylation is 1. The van der Waals surface area contributed by atoms with Crippen LogP contribution in [0.3, 0.4) is 0 Å². The van der Waals surface area contributed by atoms with Gasteiger partial charge in [0.15, 0.2) is 20.7 Å². The van der Waals surface area contributed by atoms with Crippen LogP contribution in [-0.2, 0) is 22.8 Å². The van der Waals surface area contributed by atoms with Crippen molar-refractivity contribution >= 4 is 15.5 Å². The molecule has 0 saturated heterocycles. The van der Waals surface area contributed by atoms with Gasteiger partial charge in [0.25, 0.3) is 0 Å². The van der Waals surface area contributed by atoms with Gasteiger partial charge in [-0.15, -0.1) is 0 Å². The van der Waals surface area contributed by atoms with Crippen LogP contribution in [0.25, 0.3) is 11.3 Å². The Morgan fingerprint density at radius 1 is 1.17 bits per heavy atom. The molecular formula is C20H18F3N3O2S. The van der Waals surface area contributed by atoms with Crippen molar-refractivity contribution in [2.75, 3.05) is 17.7 Å². The number of aromatic amines is 1. The van der Waals surface area contributed by atoms with E-state index in [0.717, 1.165) is 18.4 Å². The molecule has 29 heavy (non-hydrogen) atoms. The zero-order valence-corrected chi connectivity index (χ0v) is 16.6. The van der Waals surface area contributed by atoms with Crippen LogP contribution in [0.1, 0.15) is 16.8 Å². The van der Waals surface area contributed by atoms with E-state index >= 15 is 4.39 Å². The molecular weight excluding hydrogens is 403 g/mol. The maximum absolute atomic E-state index is 15.1. The van der Waals surface area contributed by atoms with Gasteiger partial charge in [-0.1, -0.05) is 6.07 Å². The molecule has 1 N–H and O–H groups in total. The number of benzene rings is 1. The van der Waals surface area contributed by atoms with Gasteiger partial charge in [-0.2, -0.15) is 0 Å². The Morgan fingerprint density at radius 2 is 1.86 bits per heavy atom. The number of fused-ring (bicyclic) bond motifs is 1. The molecule has 9 heteroatoms. The summed E-state index contributed by atoms with van der Waals surface area (Å²) in [6.45, 7) is 2.45. The van der Waals surface area contributed by atoms with Crippen molar-refractivity contribution in [3.8, 4) is 11.3 Å². The lowest BCUT2D eigenvalue weighted by atomic mass is 10.0. The number of hydrogen-bond acceptors (Lipinski definition) is 4. The molecule has 1 aromatic carbocycles.